The predicted molar refractivity (Wildman–Crippen MR) is 83.2 cm³/mol. The molecule has 5 nitrogen and oxygen atoms in total. The lowest BCUT2D eigenvalue weighted by atomic mass is 10.0. The minimum atomic E-state index is -0.131. The van der Waals surface area contributed by atoms with E-state index in [1.807, 2.05) is 13.8 Å². The van der Waals surface area contributed by atoms with Crippen molar-refractivity contribution < 1.29 is 9.59 Å². The number of carbonyl (C=O) groups is 2. The molecule has 3 N–H and O–H groups in total. The third-order valence-electron chi connectivity index (χ3n) is 3.65. The molecule has 0 bridgehead atoms. The zero-order valence-corrected chi connectivity index (χ0v) is 12.8. The topological polar surface area (TPSA) is 70.2 Å². The lowest BCUT2D eigenvalue weighted by Gasteiger charge is -2.15. The van der Waals surface area contributed by atoms with Crippen molar-refractivity contribution in [3.63, 3.8) is 0 Å². The lowest BCUT2D eigenvalue weighted by Crippen LogP contribution is -2.39. The van der Waals surface area contributed by atoms with Gasteiger partial charge in [0.15, 0.2) is 0 Å². The molecule has 1 heterocycles. The Morgan fingerprint density at radius 3 is 2.43 bits per heavy atom. The zero-order chi connectivity index (χ0) is 15.4. The molecule has 2 amide bonds. The van der Waals surface area contributed by atoms with Gasteiger partial charge in [0.2, 0.25) is 5.91 Å². The largest absolute Gasteiger partial charge is 0.350 e. The van der Waals surface area contributed by atoms with Crippen LogP contribution in [0.4, 0.5) is 5.69 Å². The molecule has 1 aromatic carbocycles. The molecule has 114 valence electrons. The predicted octanol–water partition coefficient (Wildman–Crippen LogP) is 1.76. The average molecular weight is 289 g/mol. The Morgan fingerprint density at radius 1 is 1.24 bits per heavy atom. The molecule has 0 aromatic heterocycles. The highest BCUT2D eigenvalue weighted by molar-refractivity contribution is 5.97. The molecule has 0 aliphatic carbocycles. The van der Waals surface area contributed by atoms with Gasteiger partial charge >= 0.3 is 0 Å². The van der Waals surface area contributed by atoms with Crippen LogP contribution < -0.4 is 16.0 Å². The minimum absolute atomic E-state index is 0.0145. The van der Waals surface area contributed by atoms with Crippen molar-refractivity contribution in [2.45, 2.75) is 39.3 Å². The smallest absolute Gasteiger partial charge is 0.251 e. The summed E-state index contributed by atoms with van der Waals surface area (Å²) in [6.45, 7) is 6.79. The van der Waals surface area contributed by atoms with Crippen molar-refractivity contribution >= 4 is 17.5 Å². The first-order chi connectivity index (χ1) is 9.97. The van der Waals surface area contributed by atoms with Crippen molar-refractivity contribution in [3.8, 4) is 0 Å². The summed E-state index contributed by atoms with van der Waals surface area (Å²) < 4.78 is 0. The Kier molecular flexibility index (Phi) is 4.96. The van der Waals surface area contributed by atoms with Gasteiger partial charge in [-0.05, 0) is 57.0 Å². The molecule has 1 aromatic rings. The quantitative estimate of drug-likeness (QED) is 0.791. The van der Waals surface area contributed by atoms with Gasteiger partial charge in [-0.15, -0.1) is 0 Å². The van der Waals surface area contributed by atoms with Crippen LogP contribution in [0, 0.1) is 5.92 Å². The Bertz CT molecular complexity index is 511. The summed E-state index contributed by atoms with van der Waals surface area (Å²) in [4.78, 5) is 24.0. The van der Waals surface area contributed by atoms with Crippen molar-refractivity contribution in [2.24, 2.45) is 5.92 Å². The number of amides is 2. The second kappa shape index (κ2) is 6.72. The molecule has 1 fully saturated rings. The average Bonchev–Trinajstić information content (AvgIpc) is 2.85. The standard InChI is InChI=1S/C16H23N3O2/c1-10(2)18-15(20)12-4-6-13(7-5-12)19-16(21)14-11(3)8-9-17-14/h4-7,10-11,14,17H,8-9H2,1-3H3,(H,18,20)(H,19,21). The molecule has 1 aliphatic heterocycles. The van der Waals surface area contributed by atoms with E-state index in [4.69, 9.17) is 0 Å². The highest BCUT2D eigenvalue weighted by Crippen LogP contribution is 2.17. The summed E-state index contributed by atoms with van der Waals surface area (Å²) in [6, 6.07) is 6.93. The van der Waals surface area contributed by atoms with Crippen molar-refractivity contribution in [2.75, 3.05) is 11.9 Å². The van der Waals surface area contributed by atoms with Crippen molar-refractivity contribution in [3.05, 3.63) is 29.8 Å². The van der Waals surface area contributed by atoms with Crippen LogP contribution >= 0.6 is 0 Å². The summed E-state index contributed by atoms with van der Waals surface area (Å²) in [7, 11) is 0. The number of benzene rings is 1. The van der Waals surface area contributed by atoms with E-state index in [1.54, 1.807) is 24.3 Å². The maximum Gasteiger partial charge on any atom is 0.251 e. The molecule has 2 rings (SSSR count). The van der Waals surface area contributed by atoms with Crippen LogP contribution in [0.5, 0.6) is 0 Å². The van der Waals surface area contributed by atoms with Crippen LogP contribution in [0.2, 0.25) is 0 Å². The Hall–Kier alpha value is -1.88. The number of carbonyl (C=O) groups excluding carboxylic acids is 2. The first-order valence-electron chi connectivity index (χ1n) is 7.42. The maximum absolute atomic E-state index is 12.1. The fourth-order valence-corrected chi connectivity index (χ4v) is 2.46. The van der Waals surface area contributed by atoms with Gasteiger partial charge < -0.3 is 16.0 Å². The summed E-state index contributed by atoms with van der Waals surface area (Å²) in [5, 5.41) is 8.92. The third-order valence-corrected chi connectivity index (χ3v) is 3.65. The first-order valence-corrected chi connectivity index (χ1v) is 7.42. The molecular formula is C16H23N3O2. The van der Waals surface area contributed by atoms with Crippen LogP contribution in [-0.4, -0.2) is 30.4 Å². The highest BCUT2D eigenvalue weighted by Gasteiger charge is 2.29. The maximum atomic E-state index is 12.1. The van der Waals surface area contributed by atoms with Crippen LogP contribution in [0.3, 0.4) is 0 Å². The molecule has 1 saturated heterocycles. The normalized spacial score (nSPS) is 21.3. The Balaban J connectivity index is 1.96. The highest BCUT2D eigenvalue weighted by atomic mass is 16.2. The van der Waals surface area contributed by atoms with Crippen molar-refractivity contribution in [1.29, 1.82) is 0 Å². The molecule has 2 atom stereocenters. The second-order valence-electron chi connectivity index (χ2n) is 5.89. The van der Waals surface area contributed by atoms with Gasteiger partial charge in [0.1, 0.15) is 0 Å². The molecule has 0 spiro atoms. The Morgan fingerprint density at radius 2 is 1.90 bits per heavy atom. The molecule has 1 aliphatic rings. The van der Waals surface area contributed by atoms with Crippen LogP contribution in [-0.2, 0) is 4.79 Å². The van der Waals surface area contributed by atoms with E-state index in [9.17, 15) is 9.59 Å². The molecule has 21 heavy (non-hydrogen) atoms. The van der Waals surface area contributed by atoms with E-state index >= 15 is 0 Å². The molecule has 2 unspecified atom stereocenters. The molecule has 0 radical (unpaired) electrons. The zero-order valence-electron chi connectivity index (χ0n) is 12.8. The van der Waals surface area contributed by atoms with Crippen LogP contribution in [0.15, 0.2) is 24.3 Å². The monoisotopic (exact) mass is 289 g/mol. The fraction of sp³-hybridized carbons (Fsp3) is 0.500. The van der Waals surface area contributed by atoms with E-state index in [1.165, 1.54) is 0 Å². The van der Waals surface area contributed by atoms with Gasteiger partial charge in [0.05, 0.1) is 6.04 Å². The van der Waals surface area contributed by atoms with Crippen LogP contribution in [0.1, 0.15) is 37.6 Å². The third kappa shape index (κ3) is 4.04. The van der Waals surface area contributed by atoms with Gasteiger partial charge in [-0.2, -0.15) is 0 Å². The van der Waals surface area contributed by atoms with Gasteiger partial charge in [0.25, 0.3) is 5.91 Å². The summed E-state index contributed by atoms with van der Waals surface area (Å²) in [6.07, 6.45) is 1.02. The summed E-state index contributed by atoms with van der Waals surface area (Å²) in [5.74, 6) is 0.231. The van der Waals surface area contributed by atoms with E-state index in [0.29, 0.717) is 17.2 Å². The minimum Gasteiger partial charge on any atom is -0.350 e. The first kappa shape index (κ1) is 15.5. The Labute approximate surface area is 125 Å². The van der Waals surface area contributed by atoms with Gasteiger partial charge in [-0.3, -0.25) is 9.59 Å². The van der Waals surface area contributed by atoms with E-state index in [-0.39, 0.29) is 23.9 Å². The number of anilines is 1. The van der Waals surface area contributed by atoms with Crippen LogP contribution in [0.25, 0.3) is 0 Å². The number of hydrogen-bond donors (Lipinski definition) is 3. The summed E-state index contributed by atoms with van der Waals surface area (Å²) >= 11 is 0. The molecule has 5 heteroatoms. The molecular weight excluding hydrogens is 266 g/mol. The van der Waals surface area contributed by atoms with Gasteiger partial charge in [-0.25, -0.2) is 0 Å². The van der Waals surface area contributed by atoms with Gasteiger partial charge in [-0.1, -0.05) is 6.92 Å². The number of nitrogens with one attached hydrogen (secondary N) is 3. The van der Waals surface area contributed by atoms with E-state index in [2.05, 4.69) is 22.9 Å². The second-order valence-corrected chi connectivity index (χ2v) is 5.89. The molecule has 0 saturated carbocycles. The van der Waals surface area contributed by atoms with Crippen molar-refractivity contribution in [1.82, 2.24) is 10.6 Å². The SMILES string of the molecule is CC(C)NC(=O)c1ccc(NC(=O)C2NCCC2C)cc1. The van der Waals surface area contributed by atoms with Gasteiger partial charge in [0, 0.05) is 17.3 Å². The summed E-state index contributed by atoms with van der Waals surface area (Å²) in [5.41, 5.74) is 1.30. The number of rotatable bonds is 4. The van der Waals surface area contributed by atoms with E-state index < -0.39 is 0 Å². The number of hydrogen-bond acceptors (Lipinski definition) is 3. The lowest BCUT2D eigenvalue weighted by molar-refractivity contribution is -0.118. The fourth-order valence-electron chi connectivity index (χ4n) is 2.46. The van der Waals surface area contributed by atoms with E-state index in [0.717, 1.165) is 13.0 Å².